The van der Waals surface area contributed by atoms with Gasteiger partial charge in [-0.2, -0.15) is 0 Å². The van der Waals surface area contributed by atoms with Crippen molar-refractivity contribution in [2.75, 3.05) is 0 Å². The molecule has 0 saturated carbocycles. The number of aryl methyl sites for hydroxylation is 1. The Hall–Kier alpha value is -2.23. The number of rotatable bonds is 5. The second kappa shape index (κ2) is 7.79. The molecule has 1 heterocycles. The molecular weight excluding hydrogens is 382 g/mol. The Labute approximate surface area is 182 Å². The van der Waals surface area contributed by atoms with Gasteiger partial charge in [-0.15, -0.1) is 0 Å². The maximum atomic E-state index is 7.08. The molecule has 0 amide bonds. The van der Waals surface area contributed by atoms with Crippen LogP contribution in [0.15, 0.2) is 60.7 Å². The molecule has 0 aliphatic heterocycles. The molecule has 1 unspecified atom stereocenters. The maximum absolute atomic E-state index is 7.08. The molecule has 2 aromatic carbocycles. The predicted molar refractivity (Wildman–Crippen MR) is 129 cm³/mol. The van der Waals surface area contributed by atoms with Crippen molar-refractivity contribution in [3.63, 3.8) is 0 Å². The third-order valence-electron chi connectivity index (χ3n) is 6.68. The number of fused-ring (bicyclic) bond motifs is 3. The molecule has 0 bridgehead atoms. The van der Waals surface area contributed by atoms with E-state index in [4.69, 9.17) is 9.41 Å². The fourth-order valence-corrected chi connectivity index (χ4v) is 5.20. The van der Waals surface area contributed by atoms with Crippen molar-refractivity contribution < 1.29 is 4.43 Å². The second-order valence-corrected chi connectivity index (χ2v) is 14.6. The molecule has 1 atom stereocenters. The Balaban J connectivity index is 1.96. The summed E-state index contributed by atoms with van der Waals surface area (Å²) in [5.74, 6) is 0. The monoisotopic (exact) mass is 415 g/mol. The third kappa shape index (κ3) is 3.65. The van der Waals surface area contributed by atoms with Gasteiger partial charge in [0.25, 0.3) is 0 Å². The largest absolute Gasteiger partial charge is 0.406 e. The molecule has 0 saturated heterocycles. The zero-order chi connectivity index (χ0) is 21.5. The zero-order valence-electron chi connectivity index (χ0n) is 19.1. The second-order valence-electron chi connectivity index (χ2n) is 9.88. The van der Waals surface area contributed by atoms with Gasteiger partial charge in [0.2, 0.25) is 0 Å². The highest BCUT2D eigenvalue weighted by atomic mass is 28.4. The van der Waals surface area contributed by atoms with Crippen molar-refractivity contribution in [3.8, 4) is 22.4 Å². The van der Waals surface area contributed by atoms with Gasteiger partial charge in [-0.25, -0.2) is 0 Å². The summed E-state index contributed by atoms with van der Waals surface area (Å²) in [6.07, 6.45) is 2.02. The fraction of sp³-hybridized carbons (Fsp3) is 0.370. The molecule has 0 spiro atoms. The quantitative estimate of drug-likeness (QED) is 0.397. The van der Waals surface area contributed by atoms with Gasteiger partial charge < -0.3 is 4.43 Å². The van der Waals surface area contributed by atoms with Crippen LogP contribution in [-0.2, 0) is 10.8 Å². The lowest BCUT2D eigenvalue weighted by molar-refractivity contribution is 0.227. The highest BCUT2D eigenvalue weighted by molar-refractivity contribution is 6.74. The Morgan fingerprint density at radius 1 is 0.933 bits per heavy atom. The summed E-state index contributed by atoms with van der Waals surface area (Å²) in [5.41, 5.74) is 8.51. The van der Waals surface area contributed by atoms with E-state index in [1.807, 2.05) is 0 Å². The summed E-state index contributed by atoms with van der Waals surface area (Å²) in [7, 11) is -1.99. The molecule has 1 aliphatic rings. The van der Waals surface area contributed by atoms with E-state index in [0.29, 0.717) is 0 Å². The maximum Gasteiger partial charge on any atom is 0.193 e. The Kier molecular flexibility index (Phi) is 5.46. The van der Waals surface area contributed by atoms with Crippen molar-refractivity contribution in [2.45, 2.75) is 64.8 Å². The number of aromatic nitrogens is 1. The van der Waals surface area contributed by atoms with Gasteiger partial charge in [-0.1, -0.05) is 88.7 Å². The summed E-state index contributed by atoms with van der Waals surface area (Å²) in [4.78, 5) is 5.15. The highest BCUT2D eigenvalue weighted by Gasteiger charge is 2.43. The summed E-state index contributed by atoms with van der Waals surface area (Å²) >= 11 is 0. The van der Waals surface area contributed by atoms with Crippen molar-refractivity contribution in [1.29, 1.82) is 0 Å². The third-order valence-corrected chi connectivity index (χ3v) is 11.1. The molecule has 156 valence electrons. The molecule has 3 aromatic rings. The molecule has 1 aromatic heterocycles. The average molecular weight is 416 g/mol. The van der Waals surface area contributed by atoms with E-state index in [1.165, 1.54) is 27.8 Å². The predicted octanol–water partition coefficient (Wildman–Crippen LogP) is 7.79. The van der Waals surface area contributed by atoms with E-state index >= 15 is 0 Å². The zero-order valence-corrected chi connectivity index (χ0v) is 20.1. The van der Waals surface area contributed by atoms with E-state index in [0.717, 1.165) is 24.2 Å². The molecule has 4 rings (SSSR count). The van der Waals surface area contributed by atoms with Crippen LogP contribution >= 0.6 is 0 Å². The number of hydrogen-bond acceptors (Lipinski definition) is 2. The molecule has 3 heteroatoms. The average Bonchev–Trinajstić information content (AvgIpc) is 3.01. The number of benzene rings is 2. The SMILES string of the molecule is CCCc1cc(-c2ccccc2)c2c(n1)-c1ccccc1C2O[Si](C)(C)C(C)(C)C. The summed E-state index contributed by atoms with van der Waals surface area (Å²) < 4.78 is 7.08. The van der Waals surface area contributed by atoms with Gasteiger partial charge >= 0.3 is 0 Å². The first kappa shape index (κ1) is 21.0. The molecule has 0 fully saturated rings. The number of nitrogens with zero attached hydrogens (tertiary/aromatic N) is 1. The first-order valence-corrected chi connectivity index (χ1v) is 14.0. The lowest BCUT2D eigenvalue weighted by atomic mass is 9.96. The minimum atomic E-state index is -1.99. The van der Waals surface area contributed by atoms with E-state index in [1.54, 1.807) is 0 Å². The van der Waals surface area contributed by atoms with Gasteiger partial charge in [0.15, 0.2) is 8.32 Å². The van der Waals surface area contributed by atoms with Gasteiger partial charge in [-0.05, 0) is 47.3 Å². The van der Waals surface area contributed by atoms with Crippen molar-refractivity contribution in [3.05, 3.63) is 77.5 Å². The van der Waals surface area contributed by atoms with E-state index in [2.05, 4.69) is 101 Å². The lowest BCUT2D eigenvalue weighted by Crippen LogP contribution is -2.41. The molecule has 0 radical (unpaired) electrons. The Bertz CT molecular complexity index is 1050. The minimum absolute atomic E-state index is 0.0597. The first-order chi connectivity index (χ1) is 14.2. The molecule has 0 N–H and O–H groups in total. The fourth-order valence-electron chi connectivity index (χ4n) is 4.01. The van der Waals surface area contributed by atoms with Crippen LogP contribution in [0.1, 0.15) is 57.0 Å². The van der Waals surface area contributed by atoms with Crippen LogP contribution in [0.2, 0.25) is 18.1 Å². The molecular formula is C27H33NOSi. The van der Waals surface area contributed by atoms with Crippen molar-refractivity contribution >= 4 is 8.32 Å². The van der Waals surface area contributed by atoms with Gasteiger partial charge in [0.1, 0.15) is 0 Å². The highest BCUT2D eigenvalue weighted by Crippen LogP contribution is 2.51. The van der Waals surface area contributed by atoms with Crippen LogP contribution < -0.4 is 0 Å². The van der Waals surface area contributed by atoms with Crippen molar-refractivity contribution in [2.24, 2.45) is 0 Å². The summed E-state index contributed by atoms with van der Waals surface area (Å²) in [5, 5.41) is 0.146. The van der Waals surface area contributed by atoms with Gasteiger partial charge in [-0.3, -0.25) is 4.98 Å². The van der Waals surface area contributed by atoms with Crippen LogP contribution in [0.3, 0.4) is 0 Å². The first-order valence-electron chi connectivity index (χ1n) is 11.1. The lowest BCUT2D eigenvalue weighted by Gasteiger charge is -2.39. The Morgan fingerprint density at radius 2 is 1.60 bits per heavy atom. The smallest absolute Gasteiger partial charge is 0.193 e. The van der Waals surface area contributed by atoms with Crippen LogP contribution in [0, 0.1) is 0 Å². The molecule has 1 aliphatic carbocycles. The van der Waals surface area contributed by atoms with Crippen LogP contribution in [-0.4, -0.2) is 13.3 Å². The molecule has 30 heavy (non-hydrogen) atoms. The number of pyridine rings is 1. The normalized spacial score (nSPS) is 15.7. The minimum Gasteiger partial charge on any atom is -0.406 e. The summed E-state index contributed by atoms with van der Waals surface area (Å²) in [6.45, 7) is 13.8. The van der Waals surface area contributed by atoms with Crippen LogP contribution in [0.4, 0.5) is 0 Å². The summed E-state index contributed by atoms with van der Waals surface area (Å²) in [6, 6.07) is 21.7. The van der Waals surface area contributed by atoms with E-state index in [9.17, 15) is 0 Å². The van der Waals surface area contributed by atoms with E-state index in [-0.39, 0.29) is 11.1 Å². The van der Waals surface area contributed by atoms with Crippen LogP contribution in [0.5, 0.6) is 0 Å². The van der Waals surface area contributed by atoms with Crippen LogP contribution in [0.25, 0.3) is 22.4 Å². The topological polar surface area (TPSA) is 22.1 Å². The van der Waals surface area contributed by atoms with E-state index < -0.39 is 8.32 Å². The van der Waals surface area contributed by atoms with Crippen molar-refractivity contribution in [1.82, 2.24) is 4.98 Å². The number of hydrogen-bond donors (Lipinski definition) is 0. The standard InChI is InChI=1S/C27H33NOSi/c1-7-13-20-18-23(19-14-9-8-10-15-19)24-25(28-20)21-16-11-12-17-22(21)26(24)29-30(5,6)27(2,3)4/h8-12,14-18,26H,7,13H2,1-6H3. The van der Waals surface area contributed by atoms with Gasteiger partial charge in [0.05, 0.1) is 11.8 Å². The van der Waals surface area contributed by atoms with Gasteiger partial charge in [0, 0.05) is 16.8 Å². The Morgan fingerprint density at radius 3 is 2.27 bits per heavy atom. The molecule has 2 nitrogen and oxygen atoms in total.